The number of anilines is 1. The van der Waals surface area contributed by atoms with E-state index >= 15 is 0 Å². The molecule has 1 amide bonds. The average molecular weight is 316 g/mol. The largest absolute Gasteiger partial charge is 0.438 e. The molecular formula is C18H24N2O3. The normalized spacial score (nSPS) is 30.4. The number of amides is 1. The van der Waals surface area contributed by atoms with Crippen molar-refractivity contribution in [2.24, 2.45) is 0 Å². The lowest BCUT2D eigenvalue weighted by atomic mass is 9.81. The molecule has 1 spiro atoms. The van der Waals surface area contributed by atoms with Crippen LogP contribution in [0.15, 0.2) is 24.3 Å². The number of benzene rings is 1. The van der Waals surface area contributed by atoms with Crippen LogP contribution in [0.2, 0.25) is 0 Å². The monoisotopic (exact) mass is 316 g/mol. The summed E-state index contributed by atoms with van der Waals surface area (Å²) < 4.78 is 5.78. The highest BCUT2D eigenvalue weighted by Gasteiger charge is 2.45. The molecule has 1 aromatic carbocycles. The second-order valence-corrected chi connectivity index (χ2v) is 7.05. The molecular weight excluding hydrogens is 292 g/mol. The SMILES string of the molecule is O=C1Nc2ccccc2C2(CCN(C3CCC(O)CC3)CC2)O1. The molecule has 0 bridgehead atoms. The van der Waals surface area contributed by atoms with Gasteiger partial charge >= 0.3 is 6.09 Å². The van der Waals surface area contributed by atoms with Gasteiger partial charge in [-0.25, -0.2) is 4.79 Å². The second-order valence-electron chi connectivity index (χ2n) is 7.05. The van der Waals surface area contributed by atoms with E-state index in [9.17, 15) is 9.90 Å². The number of carbonyl (C=O) groups is 1. The minimum absolute atomic E-state index is 0.111. The summed E-state index contributed by atoms with van der Waals surface area (Å²) in [6.45, 7) is 1.89. The van der Waals surface area contributed by atoms with E-state index in [1.165, 1.54) is 0 Å². The average Bonchev–Trinajstić information content (AvgIpc) is 2.56. The molecule has 23 heavy (non-hydrogen) atoms. The van der Waals surface area contributed by atoms with Gasteiger partial charge in [-0.1, -0.05) is 18.2 Å². The number of nitrogens with one attached hydrogen (secondary N) is 1. The van der Waals surface area contributed by atoms with E-state index < -0.39 is 5.60 Å². The topological polar surface area (TPSA) is 61.8 Å². The van der Waals surface area contributed by atoms with Gasteiger partial charge < -0.3 is 14.7 Å². The van der Waals surface area contributed by atoms with Gasteiger partial charge in [0.1, 0.15) is 5.60 Å². The van der Waals surface area contributed by atoms with Crippen LogP contribution in [0.3, 0.4) is 0 Å². The summed E-state index contributed by atoms with van der Waals surface area (Å²) in [6, 6.07) is 8.55. The number of carbonyl (C=O) groups excluding carboxylic acids is 1. The number of aliphatic hydroxyl groups is 1. The zero-order valence-corrected chi connectivity index (χ0v) is 13.3. The van der Waals surface area contributed by atoms with Gasteiger partial charge in [-0.15, -0.1) is 0 Å². The number of hydrogen-bond acceptors (Lipinski definition) is 4. The number of aliphatic hydroxyl groups excluding tert-OH is 1. The molecule has 5 nitrogen and oxygen atoms in total. The van der Waals surface area contributed by atoms with Crippen LogP contribution < -0.4 is 5.32 Å². The van der Waals surface area contributed by atoms with Gasteiger partial charge in [0.05, 0.1) is 11.8 Å². The quantitative estimate of drug-likeness (QED) is 0.836. The summed E-state index contributed by atoms with van der Waals surface area (Å²) >= 11 is 0. The second kappa shape index (κ2) is 5.80. The molecule has 2 heterocycles. The van der Waals surface area contributed by atoms with E-state index in [1.54, 1.807) is 0 Å². The number of likely N-dealkylation sites (tertiary alicyclic amines) is 1. The molecule has 2 aliphatic heterocycles. The van der Waals surface area contributed by atoms with Gasteiger partial charge in [0.2, 0.25) is 0 Å². The van der Waals surface area contributed by atoms with Crippen molar-refractivity contribution in [1.82, 2.24) is 4.90 Å². The molecule has 1 saturated heterocycles. The summed E-state index contributed by atoms with van der Waals surface area (Å²) in [6.07, 6.45) is 5.21. The predicted molar refractivity (Wildman–Crippen MR) is 87.3 cm³/mol. The van der Waals surface area contributed by atoms with Crippen LogP contribution >= 0.6 is 0 Å². The minimum atomic E-state index is -0.469. The predicted octanol–water partition coefficient (Wildman–Crippen LogP) is 2.84. The molecule has 0 unspecified atom stereocenters. The van der Waals surface area contributed by atoms with Crippen molar-refractivity contribution in [3.63, 3.8) is 0 Å². The third-order valence-corrected chi connectivity index (χ3v) is 5.73. The summed E-state index contributed by atoms with van der Waals surface area (Å²) in [5.74, 6) is 0. The molecule has 0 radical (unpaired) electrons. The Bertz CT molecular complexity index is 588. The highest BCUT2D eigenvalue weighted by molar-refractivity contribution is 5.88. The summed E-state index contributed by atoms with van der Waals surface area (Å²) in [7, 11) is 0. The molecule has 0 aromatic heterocycles. The highest BCUT2D eigenvalue weighted by atomic mass is 16.6. The third kappa shape index (κ3) is 2.72. The number of rotatable bonds is 1. The first-order chi connectivity index (χ1) is 11.2. The highest BCUT2D eigenvalue weighted by Crippen LogP contribution is 2.44. The summed E-state index contributed by atoms with van der Waals surface area (Å²) in [5, 5.41) is 12.5. The van der Waals surface area contributed by atoms with Crippen molar-refractivity contribution in [3.8, 4) is 0 Å². The van der Waals surface area contributed by atoms with Crippen molar-refractivity contribution in [2.75, 3.05) is 18.4 Å². The van der Waals surface area contributed by atoms with Crippen LogP contribution in [0.25, 0.3) is 0 Å². The first kappa shape index (κ1) is 15.0. The Balaban J connectivity index is 1.49. The lowest BCUT2D eigenvalue weighted by molar-refractivity contribution is -0.0519. The third-order valence-electron chi connectivity index (χ3n) is 5.73. The Morgan fingerprint density at radius 3 is 2.57 bits per heavy atom. The van der Waals surface area contributed by atoms with Crippen molar-refractivity contribution in [2.45, 2.75) is 56.3 Å². The van der Waals surface area contributed by atoms with Gasteiger partial charge in [-0.2, -0.15) is 0 Å². The van der Waals surface area contributed by atoms with Crippen molar-refractivity contribution >= 4 is 11.8 Å². The van der Waals surface area contributed by atoms with E-state index in [1.807, 2.05) is 18.2 Å². The number of nitrogens with zero attached hydrogens (tertiary/aromatic N) is 1. The maximum absolute atomic E-state index is 11.9. The fourth-order valence-corrected chi connectivity index (χ4v) is 4.40. The van der Waals surface area contributed by atoms with E-state index in [0.717, 1.165) is 62.9 Å². The fourth-order valence-electron chi connectivity index (χ4n) is 4.40. The molecule has 1 saturated carbocycles. The van der Waals surface area contributed by atoms with Crippen molar-refractivity contribution in [3.05, 3.63) is 29.8 Å². The zero-order chi connectivity index (χ0) is 15.9. The van der Waals surface area contributed by atoms with E-state index in [0.29, 0.717) is 6.04 Å². The molecule has 2 N–H and O–H groups in total. The van der Waals surface area contributed by atoms with Crippen molar-refractivity contribution in [1.29, 1.82) is 0 Å². The van der Waals surface area contributed by atoms with Crippen LogP contribution in [0, 0.1) is 0 Å². The molecule has 0 atom stereocenters. The smallest absolute Gasteiger partial charge is 0.412 e. The maximum atomic E-state index is 11.9. The maximum Gasteiger partial charge on any atom is 0.412 e. The lowest BCUT2D eigenvalue weighted by Gasteiger charge is -2.47. The number of piperidine rings is 1. The molecule has 5 heteroatoms. The lowest BCUT2D eigenvalue weighted by Crippen LogP contribution is -2.51. The van der Waals surface area contributed by atoms with Gasteiger partial charge in [0.15, 0.2) is 0 Å². The van der Waals surface area contributed by atoms with Crippen LogP contribution in [-0.2, 0) is 10.3 Å². The number of hydrogen-bond donors (Lipinski definition) is 2. The molecule has 4 rings (SSSR count). The van der Waals surface area contributed by atoms with E-state index in [4.69, 9.17) is 4.74 Å². The summed E-state index contributed by atoms with van der Waals surface area (Å²) in [4.78, 5) is 14.5. The molecule has 2 fully saturated rings. The molecule has 3 aliphatic rings. The Morgan fingerprint density at radius 1 is 1.13 bits per heavy atom. The molecule has 1 aliphatic carbocycles. The first-order valence-electron chi connectivity index (χ1n) is 8.68. The van der Waals surface area contributed by atoms with Crippen LogP contribution in [0.1, 0.15) is 44.1 Å². The molecule has 1 aromatic rings. The Labute approximate surface area is 136 Å². The van der Waals surface area contributed by atoms with Gasteiger partial charge in [-0.05, 0) is 31.7 Å². The minimum Gasteiger partial charge on any atom is -0.438 e. The first-order valence-corrected chi connectivity index (χ1v) is 8.68. The standard InChI is InChI=1S/C18H24N2O3/c21-14-7-5-13(6-8-14)20-11-9-18(10-12-20)15-3-1-2-4-16(15)19-17(22)23-18/h1-4,13-14,21H,5-12H2,(H,19,22). The number of fused-ring (bicyclic) bond motifs is 2. The van der Waals surface area contributed by atoms with Crippen LogP contribution in [0.4, 0.5) is 10.5 Å². The van der Waals surface area contributed by atoms with Crippen LogP contribution in [-0.4, -0.2) is 41.3 Å². The fraction of sp³-hybridized carbons (Fsp3) is 0.611. The van der Waals surface area contributed by atoms with Gasteiger partial charge in [-0.3, -0.25) is 5.32 Å². The van der Waals surface area contributed by atoms with Gasteiger partial charge in [0.25, 0.3) is 0 Å². The van der Waals surface area contributed by atoms with E-state index in [2.05, 4.69) is 16.3 Å². The van der Waals surface area contributed by atoms with Gasteiger partial charge in [0, 0.05) is 37.5 Å². The Morgan fingerprint density at radius 2 is 1.83 bits per heavy atom. The Hall–Kier alpha value is -1.59. The van der Waals surface area contributed by atoms with E-state index in [-0.39, 0.29) is 12.2 Å². The molecule has 124 valence electrons. The van der Waals surface area contributed by atoms with Crippen LogP contribution in [0.5, 0.6) is 0 Å². The number of ether oxygens (including phenoxy) is 1. The zero-order valence-electron chi connectivity index (χ0n) is 13.3. The number of para-hydroxylation sites is 1. The Kier molecular flexibility index (Phi) is 3.77. The summed E-state index contributed by atoms with van der Waals surface area (Å²) in [5.41, 5.74) is 1.53. The van der Waals surface area contributed by atoms with Crippen molar-refractivity contribution < 1.29 is 14.6 Å².